The third-order valence-electron chi connectivity index (χ3n) is 10.4. The number of nitrogens with zero attached hydrogens (tertiary/aromatic N) is 3. The number of aromatic nitrogens is 2. The maximum atomic E-state index is 5.51. The van der Waals surface area contributed by atoms with Crippen molar-refractivity contribution >= 4 is 60.3 Å². The van der Waals surface area contributed by atoms with E-state index in [1.165, 1.54) is 76.8 Å². The lowest BCUT2D eigenvalue weighted by Gasteiger charge is -2.24. The van der Waals surface area contributed by atoms with Gasteiger partial charge in [-0.15, -0.1) is 0 Å². The molecule has 5 aromatic carbocycles. The first-order valence-electron chi connectivity index (χ1n) is 16.1. The third kappa shape index (κ3) is 3.33. The van der Waals surface area contributed by atoms with E-state index in [0.29, 0.717) is 0 Å². The van der Waals surface area contributed by atoms with Crippen molar-refractivity contribution < 1.29 is 0 Å². The summed E-state index contributed by atoms with van der Waals surface area (Å²) in [5.74, 6) is 0.222. The number of aliphatic imine (C=N–C) groups is 1. The number of para-hydroxylation sites is 2. The number of benzene rings is 5. The van der Waals surface area contributed by atoms with Gasteiger partial charge < -0.3 is 4.40 Å². The molecule has 0 radical (unpaired) electrons. The van der Waals surface area contributed by atoms with Gasteiger partial charge in [0.2, 0.25) is 0 Å². The lowest BCUT2D eigenvalue weighted by molar-refractivity contribution is 0.706. The Kier molecular flexibility index (Phi) is 5.13. The molecular formula is C41H31N3. The van der Waals surface area contributed by atoms with Gasteiger partial charge in [0, 0.05) is 39.4 Å². The minimum Gasteiger partial charge on any atom is -0.308 e. The molecule has 2 aliphatic rings. The van der Waals surface area contributed by atoms with Gasteiger partial charge in [-0.25, -0.2) is 0 Å². The van der Waals surface area contributed by atoms with Crippen LogP contribution in [0.4, 0.5) is 5.69 Å². The van der Waals surface area contributed by atoms with Crippen molar-refractivity contribution in [2.24, 2.45) is 4.99 Å². The summed E-state index contributed by atoms with van der Waals surface area (Å²) in [6.07, 6.45) is 8.33. The average Bonchev–Trinajstić information content (AvgIpc) is 3.51. The Bertz CT molecular complexity index is 2460. The number of fused-ring (bicyclic) bond motifs is 13. The van der Waals surface area contributed by atoms with Crippen LogP contribution in [0.1, 0.15) is 48.4 Å². The van der Waals surface area contributed by atoms with E-state index in [9.17, 15) is 0 Å². The number of hydrogen-bond donors (Lipinski definition) is 0. The standard InChI is InChI=1S/C41H31N3/c1-2-11-27-25(10-1)19-20-26-21-22-29(33-14-5-6-15-34-35(43-33)16-9-23-42-34)39-32(38(26)27)24-31-28-12-3-7-17-36(28)44-37-18-8-4-13-30(37)40(39)41(31)44/h1-4,7-13,16-20,23-24,29H,5-6,14-15,21-22H2/b43-33+. The highest BCUT2D eigenvalue weighted by atomic mass is 14.9. The molecule has 210 valence electrons. The van der Waals surface area contributed by atoms with E-state index in [-0.39, 0.29) is 5.92 Å². The number of pyridine rings is 1. The van der Waals surface area contributed by atoms with E-state index in [1.807, 2.05) is 12.3 Å². The Morgan fingerprint density at radius 1 is 0.659 bits per heavy atom. The van der Waals surface area contributed by atoms with Crippen molar-refractivity contribution in [1.82, 2.24) is 9.38 Å². The third-order valence-corrected chi connectivity index (χ3v) is 10.4. The fraction of sp³-hybridized carbons (Fsp3) is 0.171. The van der Waals surface area contributed by atoms with Crippen LogP contribution >= 0.6 is 0 Å². The summed E-state index contributed by atoms with van der Waals surface area (Å²) in [6.45, 7) is 0. The van der Waals surface area contributed by atoms with Crippen LogP contribution in [0.3, 0.4) is 0 Å². The highest BCUT2D eigenvalue weighted by molar-refractivity contribution is 6.27. The van der Waals surface area contributed by atoms with Crippen molar-refractivity contribution in [3.05, 3.63) is 126 Å². The molecule has 0 N–H and O–H groups in total. The second-order valence-electron chi connectivity index (χ2n) is 12.7. The van der Waals surface area contributed by atoms with Crippen LogP contribution in [0.5, 0.6) is 0 Å². The molecule has 44 heavy (non-hydrogen) atoms. The van der Waals surface area contributed by atoms with Gasteiger partial charge >= 0.3 is 0 Å². The molecule has 1 aliphatic carbocycles. The van der Waals surface area contributed by atoms with E-state index in [0.717, 1.165) is 49.9 Å². The Labute approximate surface area is 255 Å². The fourth-order valence-corrected chi connectivity index (χ4v) is 8.52. The molecule has 4 heterocycles. The quantitative estimate of drug-likeness (QED) is 0.195. The lowest BCUT2D eigenvalue weighted by Crippen LogP contribution is -2.15. The number of aryl methyl sites for hydroxylation is 2. The van der Waals surface area contributed by atoms with Crippen molar-refractivity contribution in [2.75, 3.05) is 0 Å². The summed E-state index contributed by atoms with van der Waals surface area (Å²) in [6, 6.07) is 38.4. The molecule has 0 saturated carbocycles. The highest BCUT2D eigenvalue weighted by Crippen LogP contribution is 2.51. The molecule has 0 fully saturated rings. The second-order valence-corrected chi connectivity index (χ2v) is 12.7. The molecule has 10 rings (SSSR count). The normalized spacial score (nSPS) is 18.1. The fourth-order valence-electron chi connectivity index (χ4n) is 8.52. The summed E-state index contributed by atoms with van der Waals surface area (Å²) in [7, 11) is 0. The maximum Gasteiger partial charge on any atom is 0.0844 e. The van der Waals surface area contributed by atoms with Crippen LogP contribution in [0.25, 0.3) is 60.0 Å². The molecule has 8 aromatic rings. The summed E-state index contributed by atoms with van der Waals surface area (Å²) in [4.78, 5) is 10.3. The molecule has 0 amide bonds. The Morgan fingerprint density at radius 2 is 1.43 bits per heavy atom. The van der Waals surface area contributed by atoms with Gasteiger partial charge in [0.1, 0.15) is 0 Å². The van der Waals surface area contributed by atoms with Crippen molar-refractivity contribution in [1.29, 1.82) is 0 Å². The molecule has 3 heteroatoms. The zero-order valence-corrected chi connectivity index (χ0v) is 24.6. The second kappa shape index (κ2) is 9.24. The largest absolute Gasteiger partial charge is 0.308 e. The summed E-state index contributed by atoms with van der Waals surface area (Å²) in [5.41, 5.74) is 13.2. The molecule has 1 unspecified atom stereocenters. The van der Waals surface area contributed by atoms with Crippen molar-refractivity contribution in [3.8, 4) is 11.1 Å². The SMILES string of the molecule is c1cnc2c(c1)/N=C(/C1CCc3ccc4ccccc4c3-c3cc4c5ccccc5n5c6ccccc6c(c31)c45)CCCC2. The topological polar surface area (TPSA) is 29.7 Å². The molecule has 3 aromatic heterocycles. The smallest absolute Gasteiger partial charge is 0.0844 e. The number of rotatable bonds is 1. The lowest BCUT2D eigenvalue weighted by atomic mass is 9.81. The maximum absolute atomic E-state index is 5.51. The van der Waals surface area contributed by atoms with E-state index >= 15 is 0 Å². The van der Waals surface area contributed by atoms with Gasteiger partial charge in [-0.2, -0.15) is 0 Å². The first-order chi connectivity index (χ1) is 21.8. The Balaban J connectivity index is 1.40. The van der Waals surface area contributed by atoms with Crippen LogP contribution in [-0.4, -0.2) is 15.1 Å². The summed E-state index contributed by atoms with van der Waals surface area (Å²) in [5, 5.41) is 8.08. The Morgan fingerprint density at radius 3 is 2.34 bits per heavy atom. The van der Waals surface area contributed by atoms with Crippen LogP contribution in [0, 0.1) is 0 Å². The van der Waals surface area contributed by atoms with Crippen molar-refractivity contribution in [3.63, 3.8) is 0 Å². The van der Waals surface area contributed by atoms with E-state index in [2.05, 4.69) is 101 Å². The van der Waals surface area contributed by atoms with Crippen LogP contribution in [0.2, 0.25) is 0 Å². The van der Waals surface area contributed by atoms with Gasteiger partial charge in [0.15, 0.2) is 0 Å². The molecule has 0 saturated heterocycles. The molecule has 1 aliphatic heterocycles. The van der Waals surface area contributed by atoms with E-state index in [1.54, 1.807) is 0 Å². The van der Waals surface area contributed by atoms with Crippen LogP contribution in [-0.2, 0) is 12.8 Å². The molecule has 0 spiro atoms. The van der Waals surface area contributed by atoms with Crippen LogP contribution in [0.15, 0.2) is 114 Å². The summed E-state index contributed by atoms with van der Waals surface area (Å²) >= 11 is 0. The monoisotopic (exact) mass is 565 g/mol. The van der Waals surface area contributed by atoms with Gasteiger partial charge in [-0.05, 0) is 102 Å². The minimum atomic E-state index is 0.222. The van der Waals surface area contributed by atoms with Crippen molar-refractivity contribution in [2.45, 2.75) is 44.4 Å². The molecule has 0 bridgehead atoms. The predicted octanol–water partition coefficient (Wildman–Crippen LogP) is 10.6. The van der Waals surface area contributed by atoms with Gasteiger partial charge in [-0.3, -0.25) is 9.98 Å². The van der Waals surface area contributed by atoms with Gasteiger partial charge in [-0.1, -0.05) is 72.8 Å². The van der Waals surface area contributed by atoms with Crippen LogP contribution < -0.4 is 0 Å². The van der Waals surface area contributed by atoms with Gasteiger partial charge in [0.25, 0.3) is 0 Å². The van der Waals surface area contributed by atoms with Gasteiger partial charge in [0.05, 0.1) is 27.9 Å². The predicted molar refractivity (Wildman–Crippen MR) is 184 cm³/mol. The first kappa shape index (κ1) is 24.4. The molecule has 3 nitrogen and oxygen atoms in total. The average molecular weight is 566 g/mol. The molecule has 1 atom stereocenters. The minimum absolute atomic E-state index is 0.222. The van der Waals surface area contributed by atoms with E-state index < -0.39 is 0 Å². The highest BCUT2D eigenvalue weighted by Gasteiger charge is 2.33. The van der Waals surface area contributed by atoms with E-state index in [4.69, 9.17) is 9.98 Å². The zero-order chi connectivity index (χ0) is 28.8. The first-order valence-corrected chi connectivity index (χ1v) is 16.1. The summed E-state index contributed by atoms with van der Waals surface area (Å²) < 4.78 is 2.53. The molecular weight excluding hydrogens is 534 g/mol. The number of hydrogen-bond acceptors (Lipinski definition) is 2. The Hall–Kier alpha value is -5.02. The zero-order valence-electron chi connectivity index (χ0n) is 24.6.